The van der Waals surface area contributed by atoms with Crippen molar-refractivity contribution in [3.05, 3.63) is 13.3 Å². The smallest absolute Gasteiger partial charge is 0.306 e. The van der Waals surface area contributed by atoms with Crippen molar-refractivity contribution in [3.8, 4) is 0 Å². The van der Waals surface area contributed by atoms with Crippen molar-refractivity contribution in [2.75, 3.05) is 0 Å². The molecule has 2 saturated carbocycles. The van der Waals surface area contributed by atoms with E-state index in [-0.39, 0.29) is 56.5 Å². The van der Waals surface area contributed by atoms with E-state index in [2.05, 4.69) is 18.7 Å². The van der Waals surface area contributed by atoms with Crippen molar-refractivity contribution in [1.82, 2.24) is 5.32 Å². The van der Waals surface area contributed by atoms with Gasteiger partial charge in [0, 0.05) is 32.7 Å². The largest absolute Gasteiger partial charge is 0.481 e. The number of amides is 1. The van der Waals surface area contributed by atoms with Crippen LogP contribution in [0.3, 0.4) is 0 Å². The number of carboxylic acids is 1. The van der Waals surface area contributed by atoms with E-state index < -0.39 is 5.97 Å². The van der Waals surface area contributed by atoms with Gasteiger partial charge in [0.15, 0.2) is 0 Å². The molecular weight excluding hydrogens is 343 g/mol. The van der Waals surface area contributed by atoms with Crippen molar-refractivity contribution >= 4 is 11.9 Å². The van der Waals surface area contributed by atoms with Crippen molar-refractivity contribution < 1.29 is 47.4 Å². The molecule has 0 aromatic heterocycles. The molecule has 0 heterocycles. The number of aliphatic carboxylic acids is 1. The second kappa shape index (κ2) is 9.14. The van der Waals surface area contributed by atoms with Crippen LogP contribution in [0.15, 0.2) is 0 Å². The van der Waals surface area contributed by atoms with E-state index in [0.717, 1.165) is 51.4 Å². The first-order valence-electron chi connectivity index (χ1n) is 7.76. The minimum atomic E-state index is -0.646. The maximum absolute atomic E-state index is 11.4. The fourth-order valence-electron chi connectivity index (χ4n) is 3.88. The summed E-state index contributed by atoms with van der Waals surface area (Å²) in [4.78, 5) is 22.6. The van der Waals surface area contributed by atoms with Gasteiger partial charge in [-0.3, -0.25) is 4.79 Å². The normalized spacial score (nSPS) is 32.8. The number of carboxylic acid groups (broad SMARTS) is 1. The number of rotatable bonds is 4. The molecule has 2 aliphatic carbocycles. The molecule has 21 heavy (non-hydrogen) atoms. The molecule has 0 aromatic carbocycles. The van der Waals surface area contributed by atoms with Gasteiger partial charge in [-0.15, -0.1) is 0 Å². The van der Waals surface area contributed by atoms with Crippen LogP contribution in [0, 0.1) is 31.1 Å². The molecule has 5 heteroatoms. The third kappa shape index (κ3) is 5.56. The van der Waals surface area contributed by atoms with E-state index in [1.807, 2.05) is 0 Å². The zero-order chi connectivity index (χ0) is 14.5. The summed E-state index contributed by atoms with van der Waals surface area (Å²) >= 11 is 0. The molecule has 1 amide bonds. The number of hydrogen-bond donors (Lipinski definition) is 2. The topological polar surface area (TPSA) is 66.4 Å². The maximum atomic E-state index is 11.4. The maximum Gasteiger partial charge on any atom is 0.306 e. The summed E-state index contributed by atoms with van der Waals surface area (Å²) in [6.45, 7) is 3.39. The molecule has 0 spiro atoms. The zero-order valence-corrected chi connectivity index (χ0v) is 15.4. The van der Waals surface area contributed by atoms with E-state index in [4.69, 9.17) is 0 Å². The van der Waals surface area contributed by atoms with E-state index in [9.17, 15) is 14.7 Å². The third-order valence-corrected chi connectivity index (χ3v) is 4.87. The average molecular weight is 368 g/mol. The number of hydrogen-bond acceptors (Lipinski definition) is 2. The Morgan fingerprint density at radius 1 is 1.14 bits per heavy atom. The first kappa shape index (κ1) is 19.0. The average Bonchev–Trinajstić information content (AvgIpc) is 2.41. The fraction of sp³-hybridized carbons (Fsp3) is 0.750. The number of carbonyl (C=O) groups is 2. The van der Waals surface area contributed by atoms with Crippen LogP contribution in [0.2, 0.25) is 0 Å². The summed E-state index contributed by atoms with van der Waals surface area (Å²) in [5, 5.41) is 12.3. The van der Waals surface area contributed by atoms with E-state index in [1.165, 1.54) is 0 Å². The van der Waals surface area contributed by atoms with Crippen LogP contribution >= 0.6 is 0 Å². The molecule has 4 nitrogen and oxygen atoms in total. The van der Waals surface area contributed by atoms with Crippen molar-refractivity contribution in [2.45, 2.75) is 57.4 Å². The molecule has 2 N–H and O–H groups in total. The third-order valence-electron chi connectivity index (χ3n) is 4.87. The summed E-state index contributed by atoms with van der Waals surface area (Å²) in [7, 11) is 0. The van der Waals surface area contributed by atoms with Gasteiger partial charge in [-0.25, -0.2) is 0 Å². The van der Waals surface area contributed by atoms with Crippen molar-refractivity contribution in [2.24, 2.45) is 17.8 Å². The van der Waals surface area contributed by atoms with Gasteiger partial charge in [-0.1, -0.05) is 31.7 Å². The molecule has 2 rings (SSSR count). The monoisotopic (exact) mass is 368 g/mol. The molecule has 2 aliphatic rings. The van der Waals surface area contributed by atoms with Gasteiger partial charge in [-0.2, -0.15) is 6.42 Å². The Hall–Kier alpha value is -0.0861. The van der Waals surface area contributed by atoms with Crippen LogP contribution < -0.4 is 5.32 Å². The van der Waals surface area contributed by atoms with Crippen LogP contribution in [-0.4, -0.2) is 23.0 Å². The predicted molar refractivity (Wildman–Crippen MR) is 76.6 cm³/mol. The van der Waals surface area contributed by atoms with Gasteiger partial charge < -0.3 is 28.6 Å². The van der Waals surface area contributed by atoms with Crippen molar-refractivity contribution in [3.63, 3.8) is 0 Å². The van der Waals surface area contributed by atoms with Gasteiger partial charge in [0.2, 0.25) is 0 Å². The van der Waals surface area contributed by atoms with Gasteiger partial charge in [-0.05, 0) is 31.1 Å². The van der Waals surface area contributed by atoms with Gasteiger partial charge in [0.05, 0.1) is 11.8 Å². The van der Waals surface area contributed by atoms with E-state index in [1.54, 1.807) is 0 Å². The first-order valence-corrected chi connectivity index (χ1v) is 7.76. The molecule has 4 atom stereocenters. The minimum Gasteiger partial charge on any atom is -0.481 e. The quantitative estimate of drug-likeness (QED) is 0.750. The molecule has 0 saturated heterocycles. The summed E-state index contributed by atoms with van der Waals surface area (Å²) in [6, 6.07) is 0.0742. The molecule has 2 fully saturated rings. The van der Waals surface area contributed by atoms with E-state index in [0.29, 0.717) is 5.92 Å². The fourth-order valence-corrected chi connectivity index (χ4v) is 3.88. The Kier molecular flexibility index (Phi) is 8.26. The second-order valence-electron chi connectivity index (χ2n) is 6.24. The number of nitrogens with one attached hydrogen (secondary N) is 1. The van der Waals surface area contributed by atoms with Crippen LogP contribution in [0.1, 0.15) is 51.4 Å². The summed E-state index contributed by atoms with van der Waals surface area (Å²) < 4.78 is 0. The van der Waals surface area contributed by atoms with Gasteiger partial charge in [0.25, 0.3) is 0 Å². The Morgan fingerprint density at radius 3 is 2.48 bits per heavy atom. The van der Waals surface area contributed by atoms with Crippen LogP contribution in [0.4, 0.5) is 0 Å². The molecule has 117 valence electrons. The molecule has 0 bridgehead atoms. The molecule has 1 radical (unpaired) electrons. The SMILES string of the molecule is [CH2-]C(=O)NC1[CH-]CCCC1CC1CCCCC1C(=O)O.[Y]. The molecule has 0 aliphatic heterocycles. The molecule has 0 aromatic rings. The minimum absolute atomic E-state index is 0. The van der Waals surface area contributed by atoms with Crippen LogP contribution in [-0.2, 0) is 42.3 Å². The summed E-state index contributed by atoms with van der Waals surface area (Å²) in [5.41, 5.74) is 0. The Morgan fingerprint density at radius 2 is 1.81 bits per heavy atom. The van der Waals surface area contributed by atoms with Gasteiger partial charge in [0.1, 0.15) is 0 Å². The van der Waals surface area contributed by atoms with Crippen LogP contribution in [0.25, 0.3) is 0 Å². The number of carbonyl (C=O) groups excluding carboxylic acids is 1. The molecule has 4 unspecified atom stereocenters. The standard InChI is InChI=1S/C16H25NO3.Y/c1-11(18)17-15-9-5-3-7-13(15)10-12-6-2-4-8-14(12)16(19)20;/h9,12-15H,1-8,10H2,(H,17,18)(H,19,20);/q-2;. The zero-order valence-electron chi connectivity index (χ0n) is 12.6. The molecular formula is C16H25NO3Y-2. The van der Waals surface area contributed by atoms with Gasteiger partial charge >= 0.3 is 5.97 Å². The first-order chi connectivity index (χ1) is 9.58. The van der Waals surface area contributed by atoms with Crippen molar-refractivity contribution in [1.29, 1.82) is 0 Å². The Labute approximate surface area is 152 Å². The second-order valence-corrected chi connectivity index (χ2v) is 6.24. The summed E-state index contributed by atoms with van der Waals surface area (Å²) in [6.07, 6.45) is 10.3. The summed E-state index contributed by atoms with van der Waals surface area (Å²) in [5.74, 6) is -0.438. The Balaban J connectivity index is 0.00000220. The predicted octanol–water partition coefficient (Wildman–Crippen LogP) is 2.59. The van der Waals surface area contributed by atoms with E-state index >= 15 is 0 Å². The Bertz CT molecular complexity index is 361. The van der Waals surface area contributed by atoms with Crippen LogP contribution in [0.5, 0.6) is 0 Å².